The Kier molecular flexibility index (Phi) is 6.76. The minimum Gasteiger partial charge on any atom is -0.493 e. The third-order valence-electron chi connectivity index (χ3n) is 4.13. The van der Waals surface area contributed by atoms with E-state index in [-0.39, 0.29) is 17.2 Å². The summed E-state index contributed by atoms with van der Waals surface area (Å²) in [6.07, 6.45) is 1.60. The van der Waals surface area contributed by atoms with Gasteiger partial charge in [0.05, 0.1) is 25.2 Å². The number of halogens is 1. The molecule has 8 heteroatoms. The number of methoxy groups -OCH3 is 1. The van der Waals surface area contributed by atoms with Crippen molar-refractivity contribution < 1.29 is 23.9 Å². The Balaban J connectivity index is 1.77. The maximum Gasteiger partial charge on any atom is 0.293 e. The van der Waals surface area contributed by atoms with Crippen molar-refractivity contribution in [2.45, 2.75) is 6.92 Å². The molecule has 1 aliphatic rings. The number of Topliss-reactive ketones (excluding diaryl/α,β-unsaturated/α-hetero) is 1. The lowest BCUT2D eigenvalue weighted by molar-refractivity contribution is -0.122. The Hall–Kier alpha value is -2.58. The SMILES string of the molecule is CCOc1ccc(/C=C2/SC(=O)N(CC(=O)c3ccc(Br)cc3)C2=O)cc1OC. The minimum atomic E-state index is -0.488. The Morgan fingerprint density at radius 2 is 1.86 bits per heavy atom. The molecule has 0 aliphatic carbocycles. The van der Waals surface area contributed by atoms with E-state index >= 15 is 0 Å². The highest BCUT2D eigenvalue weighted by atomic mass is 79.9. The van der Waals surface area contributed by atoms with Crippen molar-refractivity contribution in [1.82, 2.24) is 4.90 Å². The molecule has 150 valence electrons. The van der Waals surface area contributed by atoms with Crippen LogP contribution in [0.5, 0.6) is 11.5 Å². The lowest BCUT2D eigenvalue weighted by Gasteiger charge is -2.11. The molecule has 2 aromatic rings. The summed E-state index contributed by atoms with van der Waals surface area (Å²) in [6.45, 7) is 2.08. The molecule has 1 aliphatic heterocycles. The Bertz CT molecular complexity index is 987. The van der Waals surface area contributed by atoms with Crippen molar-refractivity contribution in [3.05, 3.63) is 63.0 Å². The number of hydrogen-bond donors (Lipinski definition) is 0. The Morgan fingerprint density at radius 3 is 2.52 bits per heavy atom. The number of imide groups is 1. The van der Waals surface area contributed by atoms with E-state index in [4.69, 9.17) is 9.47 Å². The van der Waals surface area contributed by atoms with Crippen molar-refractivity contribution in [2.24, 2.45) is 0 Å². The summed E-state index contributed by atoms with van der Waals surface area (Å²) in [5, 5.41) is -0.468. The van der Waals surface area contributed by atoms with Crippen LogP contribution in [-0.2, 0) is 4.79 Å². The molecule has 0 unspecified atom stereocenters. The summed E-state index contributed by atoms with van der Waals surface area (Å²) < 4.78 is 11.6. The van der Waals surface area contributed by atoms with Gasteiger partial charge in [-0.05, 0) is 54.6 Å². The van der Waals surface area contributed by atoms with Crippen LogP contribution in [0.4, 0.5) is 4.79 Å². The van der Waals surface area contributed by atoms with Crippen molar-refractivity contribution in [3.8, 4) is 11.5 Å². The fraction of sp³-hybridized carbons (Fsp3) is 0.190. The second kappa shape index (κ2) is 9.28. The van der Waals surface area contributed by atoms with Crippen LogP contribution < -0.4 is 9.47 Å². The van der Waals surface area contributed by atoms with Gasteiger partial charge in [-0.1, -0.05) is 34.1 Å². The van der Waals surface area contributed by atoms with Gasteiger partial charge in [-0.25, -0.2) is 0 Å². The first-order chi connectivity index (χ1) is 13.9. The Morgan fingerprint density at radius 1 is 1.14 bits per heavy atom. The van der Waals surface area contributed by atoms with Crippen LogP contribution >= 0.6 is 27.7 Å². The van der Waals surface area contributed by atoms with Crippen LogP contribution in [0.25, 0.3) is 6.08 Å². The van der Waals surface area contributed by atoms with E-state index in [2.05, 4.69) is 15.9 Å². The van der Waals surface area contributed by atoms with Crippen molar-refractivity contribution >= 4 is 50.7 Å². The Labute approximate surface area is 181 Å². The maximum absolute atomic E-state index is 12.7. The lowest BCUT2D eigenvalue weighted by Crippen LogP contribution is -2.33. The van der Waals surface area contributed by atoms with E-state index < -0.39 is 11.1 Å². The number of hydrogen-bond acceptors (Lipinski definition) is 6. The molecule has 1 fully saturated rings. The molecular weight excluding hydrogens is 458 g/mol. The zero-order valence-corrected chi connectivity index (χ0v) is 18.2. The molecule has 1 heterocycles. The average Bonchev–Trinajstić information content (AvgIpc) is 2.97. The highest BCUT2D eigenvalue weighted by molar-refractivity contribution is 9.10. The fourth-order valence-corrected chi connectivity index (χ4v) is 3.81. The number of benzene rings is 2. The van der Waals surface area contributed by atoms with Gasteiger partial charge >= 0.3 is 0 Å². The standard InChI is InChI=1S/C21H18BrNO5S/c1-3-28-17-9-4-13(10-18(17)27-2)11-19-20(25)23(21(26)29-19)12-16(24)14-5-7-15(22)8-6-14/h4-11H,3,12H2,1-2H3/b19-11+. The van der Waals surface area contributed by atoms with Crippen LogP contribution in [0.3, 0.4) is 0 Å². The van der Waals surface area contributed by atoms with Gasteiger partial charge in [0.25, 0.3) is 11.1 Å². The number of ether oxygens (including phenoxy) is 2. The molecule has 3 rings (SSSR count). The van der Waals surface area contributed by atoms with Gasteiger partial charge in [0.15, 0.2) is 17.3 Å². The van der Waals surface area contributed by atoms with Crippen LogP contribution in [0.15, 0.2) is 51.8 Å². The normalized spacial score (nSPS) is 15.1. The highest BCUT2D eigenvalue weighted by Crippen LogP contribution is 2.34. The summed E-state index contributed by atoms with van der Waals surface area (Å²) in [7, 11) is 1.53. The molecule has 0 saturated carbocycles. The van der Waals surface area contributed by atoms with E-state index in [0.29, 0.717) is 29.2 Å². The summed E-state index contributed by atoms with van der Waals surface area (Å²) in [5.74, 6) is 0.340. The molecule has 0 radical (unpaired) electrons. The predicted octanol–water partition coefficient (Wildman–Crippen LogP) is 4.78. The van der Waals surface area contributed by atoms with Crippen LogP contribution in [-0.4, -0.2) is 42.1 Å². The number of nitrogens with zero attached hydrogens (tertiary/aromatic N) is 1. The van der Waals surface area contributed by atoms with Gasteiger partial charge in [0.2, 0.25) is 0 Å². The summed E-state index contributed by atoms with van der Waals surface area (Å²) in [6, 6.07) is 12.0. The van der Waals surface area contributed by atoms with Gasteiger partial charge in [0, 0.05) is 10.0 Å². The summed E-state index contributed by atoms with van der Waals surface area (Å²) in [4.78, 5) is 38.6. The zero-order valence-electron chi connectivity index (χ0n) is 15.8. The van der Waals surface area contributed by atoms with Gasteiger partial charge < -0.3 is 9.47 Å². The average molecular weight is 476 g/mol. The molecule has 6 nitrogen and oxygen atoms in total. The largest absolute Gasteiger partial charge is 0.493 e. The van der Waals surface area contributed by atoms with E-state index in [1.807, 2.05) is 6.92 Å². The summed E-state index contributed by atoms with van der Waals surface area (Å²) >= 11 is 4.12. The van der Waals surface area contributed by atoms with Gasteiger partial charge in [-0.2, -0.15) is 0 Å². The van der Waals surface area contributed by atoms with Crippen molar-refractivity contribution in [2.75, 3.05) is 20.3 Å². The minimum absolute atomic E-state index is 0.254. The molecule has 0 atom stereocenters. The fourth-order valence-electron chi connectivity index (χ4n) is 2.71. The number of rotatable bonds is 7. The smallest absolute Gasteiger partial charge is 0.293 e. The number of ketones is 1. The molecule has 0 aromatic heterocycles. The molecule has 1 saturated heterocycles. The van der Waals surface area contributed by atoms with E-state index in [0.717, 1.165) is 21.1 Å². The third-order valence-corrected chi connectivity index (χ3v) is 5.56. The summed E-state index contributed by atoms with van der Waals surface area (Å²) in [5.41, 5.74) is 1.13. The second-order valence-corrected chi connectivity index (χ2v) is 7.95. The maximum atomic E-state index is 12.7. The zero-order chi connectivity index (χ0) is 21.0. The predicted molar refractivity (Wildman–Crippen MR) is 115 cm³/mol. The molecule has 2 aromatic carbocycles. The molecular formula is C21H18BrNO5S. The molecule has 0 bridgehead atoms. The molecule has 0 spiro atoms. The number of amides is 2. The third kappa shape index (κ3) is 4.89. The quantitative estimate of drug-likeness (QED) is 0.423. The first-order valence-electron chi connectivity index (χ1n) is 8.78. The van der Waals surface area contributed by atoms with Crippen LogP contribution in [0, 0.1) is 0 Å². The first-order valence-corrected chi connectivity index (χ1v) is 10.4. The van der Waals surface area contributed by atoms with Crippen molar-refractivity contribution in [1.29, 1.82) is 0 Å². The van der Waals surface area contributed by atoms with Crippen LogP contribution in [0.1, 0.15) is 22.8 Å². The first kappa shape index (κ1) is 21.1. The molecule has 2 amide bonds. The lowest BCUT2D eigenvalue weighted by atomic mass is 10.1. The van der Waals surface area contributed by atoms with Crippen molar-refractivity contribution in [3.63, 3.8) is 0 Å². The van der Waals surface area contributed by atoms with Gasteiger partial charge in [0.1, 0.15) is 0 Å². The van der Waals surface area contributed by atoms with Gasteiger partial charge in [-0.15, -0.1) is 0 Å². The monoisotopic (exact) mass is 475 g/mol. The molecule has 0 N–H and O–H groups in total. The number of carbonyl (C=O) groups excluding carboxylic acids is 3. The van der Waals surface area contributed by atoms with Crippen LogP contribution in [0.2, 0.25) is 0 Å². The number of carbonyl (C=O) groups is 3. The van der Waals surface area contributed by atoms with E-state index in [1.165, 1.54) is 7.11 Å². The highest BCUT2D eigenvalue weighted by Gasteiger charge is 2.36. The number of thioether (sulfide) groups is 1. The van der Waals surface area contributed by atoms with Gasteiger partial charge in [-0.3, -0.25) is 19.3 Å². The topological polar surface area (TPSA) is 72.9 Å². The second-order valence-electron chi connectivity index (χ2n) is 6.04. The molecule has 29 heavy (non-hydrogen) atoms. The van der Waals surface area contributed by atoms with E-state index in [1.54, 1.807) is 48.5 Å². The van der Waals surface area contributed by atoms with E-state index in [9.17, 15) is 14.4 Å².